The molecule has 4 aromatic rings. The van der Waals surface area contributed by atoms with Crippen LogP contribution in [0.15, 0.2) is 109 Å². The molecule has 3 nitrogen and oxygen atoms in total. The second kappa shape index (κ2) is 6.93. The predicted molar refractivity (Wildman–Crippen MR) is 120 cm³/mol. The Labute approximate surface area is 181 Å². The Balaban J connectivity index is 1.70. The molecule has 0 aromatic heterocycles. The molecular formula is C28H21NO2. The molecule has 2 unspecified atom stereocenters. The molecule has 2 aliphatic rings. The van der Waals surface area contributed by atoms with Crippen LogP contribution in [-0.2, 0) is 10.5 Å². The average molecular weight is 403 g/mol. The molecular weight excluding hydrogens is 382 g/mol. The van der Waals surface area contributed by atoms with Gasteiger partial charge in [0.05, 0.1) is 12.6 Å². The molecule has 2 atom stereocenters. The van der Waals surface area contributed by atoms with E-state index in [1.807, 2.05) is 77.7 Å². The van der Waals surface area contributed by atoms with Crippen molar-refractivity contribution in [3.05, 3.63) is 131 Å². The average Bonchev–Trinajstić information content (AvgIpc) is 3.22. The lowest BCUT2D eigenvalue weighted by atomic mass is 9.87. The second-order valence-electron chi connectivity index (χ2n) is 8.01. The van der Waals surface area contributed by atoms with E-state index >= 15 is 0 Å². The van der Waals surface area contributed by atoms with E-state index in [9.17, 15) is 4.79 Å². The summed E-state index contributed by atoms with van der Waals surface area (Å²) in [7, 11) is 0. The maximum atomic E-state index is 14.2. The van der Waals surface area contributed by atoms with Gasteiger partial charge in [-0.05, 0) is 22.8 Å². The maximum absolute atomic E-state index is 14.2. The van der Waals surface area contributed by atoms with Crippen molar-refractivity contribution in [1.29, 1.82) is 0 Å². The van der Waals surface area contributed by atoms with Crippen molar-refractivity contribution in [3.8, 4) is 11.1 Å². The lowest BCUT2D eigenvalue weighted by Crippen LogP contribution is -2.47. The molecule has 6 rings (SSSR count). The number of fused-ring (bicyclic) bond motifs is 5. The van der Waals surface area contributed by atoms with Crippen LogP contribution in [0, 0.1) is 0 Å². The number of hydrogen-bond acceptors (Lipinski definition) is 2. The Bertz CT molecular complexity index is 1270. The minimum Gasteiger partial charge on any atom is -0.344 e. The third-order valence-electron chi connectivity index (χ3n) is 6.41. The molecule has 0 radical (unpaired) electrons. The summed E-state index contributed by atoms with van der Waals surface area (Å²) in [5.41, 5.74) is 4.73. The third kappa shape index (κ3) is 2.54. The standard InChI is InChI=1S/C28H21NO2/c30-27-24-17-8-7-15-22(24)23-16-9-10-18-25(23)28(21-13-5-2-6-14-21)29(27)26(19-31-28)20-11-3-1-4-12-20/h1-18,26H,19H2. The van der Waals surface area contributed by atoms with E-state index in [0.717, 1.165) is 27.8 Å². The maximum Gasteiger partial charge on any atom is 0.257 e. The zero-order valence-corrected chi connectivity index (χ0v) is 16.9. The molecule has 2 heterocycles. The highest BCUT2D eigenvalue weighted by atomic mass is 16.5. The summed E-state index contributed by atoms with van der Waals surface area (Å²) in [5.74, 6) is -0.0120. The largest absolute Gasteiger partial charge is 0.344 e. The van der Waals surface area contributed by atoms with E-state index in [1.54, 1.807) is 0 Å². The first kappa shape index (κ1) is 18.1. The first-order valence-corrected chi connectivity index (χ1v) is 10.6. The SMILES string of the molecule is O=C1c2ccccc2-c2ccccc2C2(c3ccccc3)OCC(c3ccccc3)N12. The molecule has 150 valence electrons. The van der Waals surface area contributed by atoms with Gasteiger partial charge in [-0.2, -0.15) is 0 Å². The molecule has 0 saturated carbocycles. The van der Waals surface area contributed by atoms with E-state index < -0.39 is 5.72 Å². The zero-order valence-electron chi connectivity index (χ0n) is 16.9. The van der Waals surface area contributed by atoms with Crippen molar-refractivity contribution in [3.63, 3.8) is 0 Å². The molecule has 0 N–H and O–H groups in total. The van der Waals surface area contributed by atoms with Crippen LogP contribution >= 0.6 is 0 Å². The summed E-state index contributed by atoms with van der Waals surface area (Å²) in [4.78, 5) is 16.2. The van der Waals surface area contributed by atoms with Crippen molar-refractivity contribution in [2.75, 3.05) is 6.61 Å². The summed E-state index contributed by atoms with van der Waals surface area (Å²) in [6, 6.07) is 36.2. The lowest BCUT2D eigenvalue weighted by Gasteiger charge is -2.39. The van der Waals surface area contributed by atoms with Crippen LogP contribution in [0.5, 0.6) is 0 Å². The number of amides is 1. The number of hydrogen-bond donors (Lipinski definition) is 0. The Morgan fingerprint density at radius 2 is 1.26 bits per heavy atom. The number of benzene rings is 4. The topological polar surface area (TPSA) is 29.5 Å². The molecule has 4 aromatic carbocycles. The number of carbonyl (C=O) groups excluding carboxylic acids is 1. The van der Waals surface area contributed by atoms with Gasteiger partial charge in [0.25, 0.3) is 5.91 Å². The van der Waals surface area contributed by atoms with Gasteiger partial charge in [0.15, 0.2) is 5.72 Å². The molecule has 0 bridgehead atoms. The Morgan fingerprint density at radius 1 is 0.677 bits per heavy atom. The summed E-state index contributed by atoms with van der Waals surface area (Å²) in [6.07, 6.45) is 0. The van der Waals surface area contributed by atoms with E-state index in [2.05, 4.69) is 36.4 Å². The number of ether oxygens (including phenoxy) is 1. The van der Waals surface area contributed by atoms with Crippen LogP contribution < -0.4 is 0 Å². The van der Waals surface area contributed by atoms with Gasteiger partial charge in [0, 0.05) is 16.7 Å². The van der Waals surface area contributed by atoms with Gasteiger partial charge in [-0.3, -0.25) is 9.69 Å². The summed E-state index contributed by atoms with van der Waals surface area (Å²) >= 11 is 0. The van der Waals surface area contributed by atoms with Crippen molar-refractivity contribution in [2.24, 2.45) is 0 Å². The molecule has 1 fully saturated rings. The van der Waals surface area contributed by atoms with Crippen LogP contribution in [0.2, 0.25) is 0 Å². The van der Waals surface area contributed by atoms with Gasteiger partial charge in [0.1, 0.15) is 0 Å². The smallest absolute Gasteiger partial charge is 0.257 e. The van der Waals surface area contributed by atoms with Crippen molar-refractivity contribution < 1.29 is 9.53 Å². The fourth-order valence-corrected chi connectivity index (χ4v) is 5.07. The van der Waals surface area contributed by atoms with Crippen molar-refractivity contribution in [1.82, 2.24) is 4.90 Å². The second-order valence-corrected chi connectivity index (χ2v) is 8.01. The molecule has 1 saturated heterocycles. The minimum absolute atomic E-state index is 0.0120. The normalized spacial score (nSPS) is 21.7. The van der Waals surface area contributed by atoms with Gasteiger partial charge in [-0.15, -0.1) is 0 Å². The van der Waals surface area contributed by atoms with Crippen LogP contribution in [0.1, 0.15) is 33.1 Å². The first-order chi connectivity index (χ1) is 15.3. The zero-order chi connectivity index (χ0) is 20.8. The predicted octanol–water partition coefficient (Wildman–Crippen LogP) is 5.78. The molecule has 2 aliphatic heterocycles. The lowest BCUT2D eigenvalue weighted by molar-refractivity contribution is -0.0414. The molecule has 31 heavy (non-hydrogen) atoms. The first-order valence-electron chi connectivity index (χ1n) is 10.6. The van der Waals surface area contributed by atoms with Crippen LogP contribution in [0.4, 0.5) is 0 Å². The number of carbonyl (C=O) groups is 1. The highest BCUT2D eigenvalue weighted by Crippen LogP contribution is 2.53. The van der Waals surface area contributed by atoms with Crippen molar-refractivity contribution in [2.45, 2.75) is 11.8 Å². The fourth-order valence-electron chi connectivity index (χ4n) is 5.07. The number of nitrogens with zero attached hydrogens (tertiary/aromatic N) is 1. The summed E-state index contributed by atoms with van der Waals surface area (Å²) < 4.78 is 6.71. The quantitative estimate of drug-likeness (QED) is 0.424. The molecule has 3 heteroatoms. The van der Waals surface area contributed by atoms with Crippen LogP contribution in [0.25, 0.3) is 11.1 Å². The van der Waals surface area contributed by atoms with E-state index in [0.29, 0.717) is 12.2 Å². The van der Waals surface area contributed by atoms with Crippen LogP contribution in [-0.4, -0.2) is 17.4 Å². The molecule has 1 amide bonds. The minimum atomic E-state index is -0.992. The Morgan fingerprint density at radius 3 is 2.00 bits per heavy atom. The summed E-state index contributed by atoms with van der Waals surface area (Å²) in [5, 5.41) is 0. The molecule has 0 spiro atoms. The highest BCUT2D eigenvalue weighted by molar-refractivity contribution is 6.04. The van der Waals surface area contributed by atoms with Crippen molar-refractivity contribution >= 4 is 5.91 Å². The van der Waals surface area contributed by atoms with E-state index in [4.69, 9.17) is 4.74 Å². The molecule has 0 aliphatic carbocycles. The Hall–Kier alpha value is -3.69. The summed E-state index contributed by atoms with van der Waals surface area (Å²) in [6.45, 7) is 0.432. The Kier molecular flexibility index (Phi) is 4.05. The highest BCUT2D eigenvalue weighted by Gasteiger charge is 2.55. The van der Waals surface area contributed by atoms with E-state index in [1.165, 1.54) is 0 Å². The van der Waals surface area contributed by atoms with Gasteiger partial charge >= 0.3 is 0 Å². The third-order valence-corrected chi connectivity index (χ3v) is 6.41. The van der Waals surface area contributed by atoms with Crippen LogP contribution in [0.3, 0.4) is 0 Å². The van der Waals surface area contributed by atoms with Gasteiger partial charge in [-0.25, -0.2) is 0 Å². The van der Waals surface area contributed by atoms with E-state index in [-0.39, 0.29) is 11.9 Å². The van der Waals surface area contributed by atoms with Gasteiger partial charge < -0.3 is 4.74 Å². The number of rotatable bonds is 2. The van der Waals surface area contributed by atoms with Gasteiger partial charge in [-0.1, -0.05) is 103 Å². The van der Waals surface area contributed by atoms with Gasteiger partial charge in [0.2, 0.25) is 0 Å². The fraction of sp³-hybridized carbons (Fsp3) is 0.107. The monoisotopic (exact) mass is 403 g/mol.